The molecule has 0 rings (SSSR count). The van der Waals surface area contributed by atoms with Crippen molar-refractivity contribution in [2.24, 2.45) is 5.73 Å². The lowest BCUT2D eigenvalue weighted by Gasteiger charge is -2.10. The SMILES string of the molecule is CCOC(=O)C(F)(F)CN.O=C(O)C(F)(F)F. The fourth-order valence-electron chi connectivity index (χ4n) is 0.320. The summed E-state index contributed by atoms with van der Waals surface area (Å²) in [5, 5.41) is 7.12. The van der Waals surface area contributed by atoms with Crippen LogP contribution in [-0.2, 0) is 14.3 Å². The van der Waals surface area contributed by atoms with Crippen molar-refractivity contribution in [1.82, 2.24) is 0 Å². The van der Waals surface area contributed by atoms with Crippen LogP contribution in [0.15, 0.2) is 0 Å². The zero-order valence-electron chi connectivity index (χ0n) is 8.55. The van der Waals surface area contributed by atoms with Crippen molar-refractivity contribution in [2.75, 3.05) is 13.2 Å². The number of carbonyl (C=O) groups is 2. The second-order valence-electron chi connectivity index (χ2n) is 2.43. The van der Waals surface area contributed by atoms with Gasteiger partial charge in [0.15, 0.2) is 0 Å². The zero-order chi connectivity index (χ0) is 14.3. The van der Waals surface area contributed by atoms with Crippen LogP contribution in [0, 0.1) is 0 Å². The van der Waals surface area contributed by atoms with E-state index in [2.05, 4.69) is 10.5 Å². The van der Waals surface area contributed by atoms with Gasteiger partial charge in [-0.1, -0.05) is 0 Å². The Kier molecular flexibility index (Phi) is 7.37. The molecule has 0 unspecified atom stereocenters. The first-order chi connectivity index (χ1) is 7.49. The lowest BCUT2D eigenvalue weighted by molar-refractivity contribution is -0.192. The highest BCUT2D eigenvalue weighted by molar-refractivity contribution is 5.77. The maximum Gasteiger partial charge on any atom is 0.490 e. The molecule has 0 heterocycles. The molecule has 102 valence electrons. The molecule has 0 saturated heterocycles. The molecule has 0 saturated carbocycles. The number of hydrogen-bond acceptors (Lipinski definition) is 4. The molecule has 0 spiro atoms. The van der Waals surface area contributed by atoms with E-state index in [1.165, 1.54) is 6.92 Å². The molecule has 0 aromatic carbocycles. The first-order valence-electron chi connectivity index (χ1n) is 4.04. The lowest BCUT2D eigenvalue weighted by atomic mass is 10.3. The van der Waals surface area contributed by atoms with Crippen LogP contribution in [-0.4, -0.2) is 42.3 Å². The van der Waals surface area contributed by atoms with Crippen molar-refractivity contribution < 1.29 is 41.4 Å². The van der Waals surface area contributed by atoms with Gasteiger partial charge < -0.3 is 15.6 Å². The Balaban J connectivity index is 0. The van der Waals surface area contributed by atoms with Gasteiger partial charge in [0, 0.05) is 0 Å². The van der Waals surface area contributed by atoms with Gasteiger partial charge in [0.05, 0.1) is 13.2 Å². The second kappa shape index (κ2) is 6.99. The number of carboxylic acids is 1. The number of esters is 1. The van der Waals surface area contributed by atoms with Crippen LogP contribution in [0.3, 0.4) is 0 Å². The van der Waals surface area contributed by atoms with Crippen molar-refractivity contribution in [3.8, 4) is 0 Å². The highest BCUT2D eigenvalue weighted by atomic mass is 19.4. The Morgan fingerprint density at radius 2 is 1.59 bits per heavy atom. The first-order valence-corrected chi connectivity index (χ1v) is 4.04. The molecule has 17 heavy (non-hydrogen) atoms. The minimum absolute atomic E-state index is 0.0611. The number of halogens is 5. The Hall–Kier alpha value is -1.45. The monoisotopic (exact) mass is 267 g/mol. The standard InChI is InChI=1S/C5H9F2NO2.C2HF3O2/c1-2-10-4(9)5(6,7)3-8;3-2(4,5)1(6)7/h2-3,8H2,1H3;(H,6,7). The normalized spacial score (nSPS) is 11.2. The molecule has 3 N–H and O–H groups in total. The van der Waals surface area contributed by atoms with E-state index in [1.54, 1.807) is 0 Å². The zero-order valence-corrected chi connectivity index (χ0v) is 8.55. The van der Waals surface area contributed by atoms with Crippen LogP contribution < -0.4 is 5.73 Å². The molecule has 0 atom stereocenters. The first kappa shape index (κ1) is 17.9. The van der Waals surface area contributed by atoms with Crippen LogP contribution >= 0.6 is 0 Å². The van der Waals surface area contributed by atoms with E-state index in [0.29, 0.717) is 0 Å². The van der Waals surface area contributed by atoms with E-state index in [9.17, 15) is 26.7 Å². The summed E-state index contributed by atoms with van der Waals surface area (Å²) in [6, 6.07) is 0. The molecule has 0 aliphatic heterocycles. The molecule has 10 heteroatoms. The number of nitrogens with two attached hydrogens (primary N) is 1. The Bertz CT molecular complexity index is 265. The minimum atomic E-state index is -5.08. The summed E-state index contributed by atoms with van der Waals surface area (Å²) >= 11 is 0. The molecule has 0 aliphatic rings. The highest BCUT2D eigenvalue weighted by Crippen LogP contribution is 2.13. The Morgan fingerprint density at radius 3 is 1.76 bits per heavy atom. The summed E-state index contributed by atoms with van der Waals surface area (Å²) in [4.78, 5) is 19.1. The Labute approximate surface area is 92.3 Å². The van der Waals surface area contributed by atoms with Gasteiger partial charge >= 0.3 is 24.0 Å². The van der Waals surface area contributed by atoms with Crippen LogP contribution in [0.25, 0.3) is 0 Å². The summed E-state index contributed by atoms with van der Waals surface area (Å²) in [6.45, 7) is 0.380. The molecular weight excluding hydrogens is 257 g/mol. The van der Waals surface area contributed by atoms with Crippen LogP contribution in [0.5, 0.6) is 0 Å². The molecule has 0 aliphatic carbocycles. The van der Waals surface area contributed by atoms with Gasteiger partial charge in [0.25, 0.3) is 0 Å². The quantitative estimate of drug-likeness (QED) is 0.582. The third-order valence-electron chi connectivity index (χ3n) is 1.07. The van der Waals surface area contributed by atoms with Crippen LogP contribution in [0.2, 0.25) is 0 Å². The van der Waals surface area contributed by atoms with E-state index < -0.39 is 30.6 Å². The van der Waals surface area contributed by atoms with E-state index in [1.807, 2.05) is 0 Å². The molecule has 0 aromatic heterocycles. The average molecular weight is 267 g/mol. The molecule has 5 nitrogen and oxygen atoms in total. The number of aliphatic carboxylic acids is 1. The van der Waals surface area contributed by atoms with Crippen molar-refractivity contribution in [3.05, 3.63) is 0 Å². The smallest absolute Gasteiger partial charge is 0.475 e. The maximum absolute atomic E-state index is 12.1. The number of ether oxygens (including phenoxy) is 1. The predicted molar refractivity (Wildman–Crippen MR) is 44.3 cm³/mol. The number of hydrogen-bond donors (Lipinski definition) is 2. The average Bonchev–Trinajstić information content (AvgIpc) is 2.17. The fraction of sp³-hybridized carbons (Fsp3) is 0.714. The van der Waals surface area contributed by atoms with Gasteiger partial charge in [-0.05, 0) is 6.92 Å². The topological polar surface area (TPSA) is 89.6 Å². The van der Waals surface area contributed by atoms with Crippen LogP contribution in [0.1, 0.15) is 6.92 Å². The fourth-order valence-corrected chi connectivity index (χ4v) is 0.320. The third kappa shape index (κ3) is 8.37. The number of carboxylic acid groups (broad SMARTS) is 1. The summed E-state index contributed by atoms with van der Waals surface area (Å²) < 4.78 is 60.0. The molecule has 0 radical (unpaired) electrons. The van der Waals surface area contributed by atoms with Crippen molar-refractivity contribution in [2.45, 2.75) is 19.0 Å². The lowest BCUT2D eigenvalue weighted by Crippen LogP contribution is -2.38. The summed E-state index contributed by atoms with van der Waals surface area (Å²) in [6.07, 6.45) is -5.08. The van der Waals surface area contributed by atoms with E-state index in [-0.39, 0.29) is 6.61 Å². The predicted octanol–water partition coefficient (Wildman–Crippen LogP) is 0.777. The number of carbonyl (C=O) groups excluding carboxylic acids is 1. The van der Waals surface area contributed by atoms with E-state index in [0.717, 1.165) is 0 Å². The van der Waals surface area contributed by atoms with Crippen molar-refractivity contribution >= 4 is 11.9 Å². The molecule has 0 amide bonds. The Morgan fingerprint density at radius 1 is 1.24 bits per heavy atom. The number of rotatable bonds is 3. The van der Waals surface area contributed by atoms with Gasteiger partial charge in [-0.2, -0.15) is 22.0 Å². The summed E-state index contributed by atoms with van der Waals surface area (Å²) in [5.74, 6) is -7.85. The minimum Gasteiger partial charge on any atom is -0.475 e. The van der Waals surface area contributed by atoms with Gasteiger partial charge in [0.1, 0.15) is 0 Å². The summed E-state index contributed by atoms with van der Waals surface area (Å²) in [7, 11) is 0. The molecule has 0 aromatic rings. The van der Waals surface area contributed by atoms with Crippen molar-refractivity contribution in [1.29, 1.82) is 0 Å². The molecule has 0 fully saturated rings. The van der Waals surface area contributed by atoms with Crippen molar-refractivity contribution in [3.63, 3.8) is 0 Å². The van der Waals surface area contributed by atoms with Gasteiger partial charge in [-0.15, -0.1) is 0 Å². The maximum atomic E-state index is 12.1. The second-order valence-corrected chi connectivity index (χ2v) is 2.43. The molecule has 0 bridgehead atoms. The van der Waals surface area contributed by atoms with Crippen LogP contribution in [0.4, 0.5) is 22.0 Å². The number of alkyl halides is 5. The van der Waals surface area contributed by atoms with Gasteiger partial charge in [-0.3, -0.25) is 0 Å². The van der Waals surface area contributed by atoms with Gasteiger partial charge in [-0.25, -0.2) is 9.59 Å². The highest BCUT2D eigenvalue weighted by Gasteiger charge is 2.39. The van der Waals surface area contributed by atoms with Gasteiger partial charge in [0.2, 0.25) is 0 Å². The molecular formula is C7H10F5NO4. The van der Waals surface area contributed by atoms with E-state index >= 15 is 0 Å². The third-order valence-corrected chi connectivity index (χ3v) is 1.07. The van der Waals surface area contributed by atoms with E-state index in [4.69, 9.17) is 9.90 Å². The summed E-state index contributed by atoms with van der Waals surface area (Å²) in [5.41, 5.74) is 4.59. The largest absolute Gasteiger partial charge is 0.490 e.